The van der Waals surface area contributed by atoms with Gasteiger partial charge >= 0.3 is 0 Å². The predicted octanol–water partition coefficient (Wildman–Crippen LogP) is 1.84. The number of anilines is 1. The average molecular weight is 312 g/mol. The highest BCUT2D eigenvalue weighted by Gasteiger charge is 2.17. The molecular formula is C12H16N4O2S2. The van der Waals surface area contributed by atoms with Gasteiger partial charge in [-0.1, -0.05) is 13.8 Å². The van der Waals surface area contributed by atoms with Crippen LogP contribution in [0.25, 0.3) is 0 Å². The van der Waals surface area contributed by atoms with Gasteiger partial charge in [-0.3, -0.25) is 4.72 Å². The van der Waals surface area contributed by atoms with Crippen molar-refractivity contribution in [1.82, 2.24) is 15.3 Å². The second-order valence-corrected chi connectivity index (χ2v) is 7.57. The van der Waals surface area contributed by atoms with Crippen molar-refractivity contribution in [3.05, 3.63) is 35.7 Å². The molecule has 2 aromatic rings. The van der Waals surface area contributed by atoms with Gasteiger partial charge in [-0.2, -0.15) is 0 Å². The standard InChI is InChI=1S/C12H16N4O2S2/c1-9(2)15-7-11-3-4-12(19-11)20(17,18)16-10-5-13-8-14-6-10/h3-6,8-9,15-16H,7H2,1-2H3. The maximum Gasteiger partial charge on any atom is 0.271 e. The van der Waals surface area contributed by atoms with Crippen molar-refractivity contribution in [2.45, 2.75) is 30.6 Å². The summed E-state index contributed by atoms with van der Waals surface area (Å²) < 4.78 is 27.1. The lowest BCUT2D eigenvalue weighted by Crippen LogP contribution is -2.21. The number of aromatic nitrogens is 2. The Bertz CT molecular complexity index is 653. The summed E-state index contributed by atoms with van der Waals surface area (Å²) in [5.41, 5.74) is 0.350. The highest BCUT2D eigenvalue weighted by atomic mass is 32.2. The topological polar surface area (TPSA) is 84.0 Å². The lowest BCUT2D eigenvalue weighted by Gasteiger charge is -2.06. The van der Waals surface area contributed by atoms with Crippen LogP contribution < -0.4 is 10.0 Å². The van der Waals surface area contributed by atoms with E-state index < -0.39 is 10.0 Å². The normalized spacial score (nSPS) is 11.8. The second-order valence-electron chi connectivity index (χ2n) is 4.49. The average Bonchev–Trinajstić information content (AvgIpc) is 2.86. The van der Waals surface area contributed by atoms with Gasteiger partial charge in [0.1, 0.15) is 10.5 Å². The second kappa shape index (κ2) is 6.29. The molecule has 0 aliphatic rings. The van der Waals surface area contributed by atoms with E-state index in [4.69, 9.17) is 0 Å². The lowest BCUT2D eigenvalue weighted by atomic mass is 10.4. The van der Waals surface area contributed by atoms with Crippen molar-refractivity contribution in [3.63, 3.8) is 0 Å². The van der Waals surface area contributed by atoms with Crippen molar-refractivity contribution in [1.29, 1.82) is 0 Å². The summed E-state index contributed by atoms with van der Waals surface area (Å²) >= 11 is 1.25. The van der Waals surface area contributed by atoms with Crippen molar-refractivity contribution in [3.8, 4) is 0 Å². The van der Waals surface area contributed by atoms with Crippen molar-refractivity contribution >= 4 is 27.0 Å². The summed E-state index contributed by atoms with van der Waals surface area (Å²) in [6.07, 6.45) is 4.18. The summed E-state index contributed by atoms with van der Waals surface area (Å²) in [5, 5.41) is 3.25. The van der Waals surface area contributed by atoms with Crippen molar-refractivity contribution in [2.75, 3.05) is 4.72 Å². The first-order valence-corrected chi connectivity index (χ1v) is 8.37. The Kier molecular flexibility index (Phi) is 4.69. The van der Waals surface area contributed by atoms with Crippen LogP contribution in [0.2, 0.25) is 0 Å². The summed E-state index contributed by atoms with van der Waals surface area (Å²) in [6, 6.07) is 3.78. The maximum absolute atomic E-state index is 12.2. The van der Waals surface area contributed by atoms with Crippen molar-refractivity contribution in [2.24, 2.45) is 0 Å². The zero-order valence-electron chi connectivity index (χ0n) is 11.2. The van der Waals surface area contributed by atoms with Gasteiger partial charge in [0.25, 0.3) is 10.0 Å². The quantitative estimate of drug-likeness (QED) is 0.850. The molecular weight excluding hydrogens is 296 g/mol. The molecule has 0 aliphatic carbocycles. The number of rotatable bonds is 6. The molecule has 0 saturated carbocycles. The van der Waals surface area contributed by atoms with Gasteiger partial charge in [0, 0.05) is 17.5 Å². The highest BCUT2D eigenvalue weighted by Crippen LogP contribution is 2.23. The zero-order chi connectivity index (χ0) is 14.6. The third-order valence-electron chi connectivity index (χ3n) is 2.40. The van der Waals surface area contributed by atoms with Gasteiger partial charge in [-0.15, -0.1) is 11.3 Å². The van der Waals surface area contributed by atoms with E-state index in [9.17, 15) is 8.42 Å². The molecule has 0 aliphatic heterocycles. The van der Waals surface area contributed by atoms with Gasteiger partial charge < -0.3 is 5.32 Å². The first-order chi connectivity index (χ1) is 9.47. The summed E-state index contributed by atoms with van der Waals surface area (Å²) in [5.74, 6) is 0. The Balaban J connectivity index is 2.10. The molecule has 0 bridgehead atoms. The highest BCUT2D eigenvalue weighted by molar-refractivity contribution is 7.94. The number of nitrogens with one attached hydrogen (secondary N) is 2. The zero-order valence-corrected chi connectivity index (χ0v) is 12.8. The molecule has 0 spiro atoms. The fourth-order valence-electron chi connectivity index (χ4n) is 1.46. The molecule has 0 atom stereocenters. The first-order valence-electron chi connectivity index (χ1n) is 6.07. The van der Waals surface area contributed by atoms with Crippen LogP contribution in [0.1, 0.15) is 18.7 Å². The third-order valence-corrected chi connectivity index (χ3v) is 5.36. The number of sulfonamides is 1. The largest absolute Gasteiger partial charge is 0.310 e. The fourth-order valence-corrected chi connectivity index (χ4v) is 3.79. The fraction of sp³-hybridized carbons (Fsp3) is 0.333. The van der Waals surface area contributed by atoms with Crippen LogP contribution in [-0.2, 0) is 16.6 Å². The van der Waals surface area contributed by atoms with Crippen molar-refractivity contribution < 1.29 is 8.42 Å². The molecule has 2 heterocycles. The number of hydrogen-bond donors (Lipinski definition) is 2. The van der Waals surface area contributed by atoms with Crippen LogP contribution in [0, 0.1) is 0 Å². The molecule has 0 fully saturated rings. The molecule has 0 saturated heterocycles. The van der Waals surface area contributed by atoms with Crippen LogP contribution in [-0.4, -0.2) is 24.4 Å². The molecule has 0 unspecified atom stereocenters. The lowest BCUT2D eigenvalue weighted by molar-refractivity contribution is 0.593. The van der Waals surface area contributed by atoms with Gasteiger partial charge in [0.2, 0.25) is 0 Å². The molecule has 6 nitrogen and oxygen atoms in total. The van der Waals surface area contributed by atoms with Crippen LogP contribution in [0.5, 0.6) is 0 Å². The van der Waals surface area contributed by atoms with E-state index in [2.05, 4.69) is 20.0 Å². The van der Waals surface area contributed by atoms with E-state index in [1.54, 1.807) is 6.07 Å². The van der Waals surface area contributed by atoms with E-state index in [1.165, 1.54) is 30.1 Å². The van der Waals surface area contributed by atoms with Crippen LogP contribution in [0.3, 0.4) is 0 Å². The van der Waals surface area contributed by atoms with E-state index in [1.807, 2.05) is 19.9 Å². The Hall–Kier alpha value is -1.51. The smallest absolute Gasteiger partial charge is 0.271 e. The minimum absolute atomic E-state index is 0.280. The molecule has 0 aromatic carbocycles. The number of nitrogens with zero attached hydrogens (tertiary/aromatic N) is 2. The molecule has 2 N–H and O–H groups in total. The third kappa shape index (κ3) is 3.99. The van der Waals surface area contributed by atoms with E-state index in [-0.39, 0.29) is 4.21 Å². The molecule has 0 radical (unpaired) electrons. The number of hydrogen-bond acceptors (Lipinski definition) is 6. The Morgan fingerprint density at radius 1 is 1.25 bits per heavy atom. The Morgan fingerprint density at radius 2 is 1.95 bits per heavy atom. The molecule has 20 heavy (non-hydrogen) atoms. The predicted molar refractivity (Wildman–Crippen MR) is 79.1 cm³/mol. The summed E-state index contributed by atoms with van der Waals surface area (Å²) in [4.78, 5) is 8.52. The van der Waals surface area contributed by atoms with Gasteiger partial charge in [-0.25, -0.2) is 18.4 Å². The number of thiophene rings is 1. The summed E-state index contributed by atoms with van der Waals surface area (Å²) in [7, 11) is -3.57. The monoisotopic (exact) mass is 312 g/mol. The van der Waals surface area contributed by atoms with E-state index >= 15 is 0 Å². The van der Waals surface area contributed by atoms with Crippen LogP contribution >= 0.6 is 11.3 Å². The van der Waals surface area contributed by atoms with Gasteiger partial charge in [0.15, 0.2) is 0 Å². The first kappa shape index (κ1) is 14.9. The SMILES string of the molecule is CC(C)NCc1ccc(S(=O)(=O)Nc2cncnc2)s1. The minimum Gasteiger partial charge on any atom is -0.310 e. The van der Waals surface area contributed by atoms with Crippen LogP contribution in [0.15, 0.2) is 35.1 Å². The summed E-state index contributed by atoms with van der Waals surface area (Å²) in [6.45, 7) is 4.75. The molecule has 8 heteroatoms. The molecule has 108 valence electrons. The minimum atomic E-state index is -3.57. The Morgan fingerprint density at radius 3 is 2.60 bits per heavy atom. The maximum atomic E-state index is 12.2. The Labute approximate surface area is 122 Å². The molecule has 2 aromatic heterocycles. The van der Waals surface area contributed by atoms with Gasteiger partial charge in [-0.05, 0) is 12.1 Å². The molecule has 0 amide bonds. The molecule has 2 rings (SSSR count). The van der Waals surface area contributed by atoms with E-state index in [0.717, 1.165) is 4.88 Å². The van der Waals surface area contributed by atoms with Gasteiger partial charge in [0.05, 0.1) is 18.1 Å². The van der Waals surface area contributed by atoms with Crippen LogP contribution in [0.4, 0.5) is 5.69 Å². The van der Waals surface area contributed by atoms with E-state index in [0.29, 0.717) is 18.3 Å².